The number of carbonyl (C=O) groups excluding carboxylic acids is 3. The number of piperidine rings is 1. The Bertz CT molecular complexity index is 1180. The predicted molar refractivity (Wildman–Crippen MR) is 135 cm³/mol. The number of fused-ring (bicyclic) bond motifs is 2. The summed E-state index contributed by atoms with van der Waals surface area (Å²) in [5.74, 6) is -0.235. The van der Waals surface area contributed by atoms with Crippen molar-refractivity contribution in [2.24, 2.45) is 0 Å². The number of imide groups is 1. The van der Waals surface area contributed by atoms with Crippen LogP contribution in [-0.2, 0) is 34.0 Å². The molecule has 2 aliphatic heterocycles. The van der Waals surface area contributed by atoms with Gasteiger partial charge in [0, 0.05) is 12.6 Å². The molecule has 0 aromatic heterocycles. The van der Waals surface area contributed by atoms with Crippen molar-refractivity contribution in [1.82, 2.24) is 4.90 Å². The largest absolute Gasteiger partial charge is 0.497 e. The van der Waals surface area contributed by atoms with Gasteiger partial charge in [0.2, 0.25) is 5.91 Å². The molecule has 0 N–H and O–H groups in total. The molecule has 37 heavy (non-hydrogen) atoms. The lowest BCUT2D eigenvalue weighted by Gasteiger charge is -2.46. The van der Waals surface area contributed by atoms with Crippen molar-refractivity contribution in [2.75, 3.05) is 31.4 Å². The van der Waals surface area contributed by atoms with Crippen LogP contribution in [0, 0.1) is 0 Å². The highest BCUT2D eigenvalue weighted by Crippen LogP contribution is 2.51. The number of hydrogen-bond acceptors (Lipinski definition) is 9. The third kappa shape index (κ3) is 6.01. The van der Waals surface area contributed by atoms with Crippen LogP contribution in [0.25, 0.3) is 0 Å². The van der Waals surface area contributed by atoms with Crippen molar-refractivity contribution < 1.29 is 41.2 Å². The van der Waals surface area contributed by atoms with Crippen molar-refractivity contribution in [3.63, 3.8) is 0 Å². The van der Waals surface area contributed by atoms with Crippen LogP contribution in [-0.4, -0.2) is 75.2 Å². The highest BCUT2D eigenvalue weighted by molar-refractivity contribution is 7.85. The fourth-order valence-corrected chi connectivity index (χ4v) is 5.13. The molecule has 3 rings (SSSR count). The van der Waals surface area contributed by atoms with Crippen molar-refractivity contribution in [3.8, 4) is 5.75 Å². The van der Waals surface area contributed by atoms with E-state index in [1.54, 1.807) is 59.7 Å². The number of ether oxygens (including phenoxy) is 3. The molecule has 2 unspecified atom stereocenters. The molecular weight excluding hydrogens is 504 g/mol. The Morgan fingerprint density at radius 2 is 1.65 bits per heavy atom. The Morgan fingerprint density at radius 3 is 2.19 bits per heavy atom. The van der Waals surface area contributed by atoms with Gasteiger partial charge in [0.15, 0.2) is 0 Å². The highest BCUT2D eigenvalue weighted by atomic mass is 32.2. The maximum Gasteiger partial charge on any atom is 0.421 e. The molecule has 1 saturated heterocycles. The molecule has 2 atom stereocenters. The third-order valence-electron chi connectivity index (χ3n) is 6.07. The van der Waals surface area contributed by atoms with Crippen molar-refractivity contribution in [3.05, 3.63) is 23.8 Å². The van der Waals surface area contributed by atoms with Crippen molar-refractivity contribution >= 4 is 33.9 Å². The molecule has 0 radical (unpaired) electrons. The molecule has 1 spiro atoms. The van der Waals surface area contributed by atoms with Crippen LogP contribution in [0.2, 0.25) is 0 Å². The quantitative estimate of drug-likeness (QED) is 0.526. The van der Waals surface area contributed by atoms with E-state index in [0.717, 1.165) is 11.2 Å². The number of hydrogen-bond donors (Lipinski definition) is 0. The average Bonchev–Trinajstić information content (AvgIpc) is 2.97. The topological polar surface area (TPSA) is 129 Å². The molecule has 12 heteroatoms. The molecule has 3 amide bonds. The van der Waals surface area contributed by atoms with Crippen LogP contribution >= 0.6 is 0 Å². The van der Waals surface area contributed by atoms with Gasteiger partial charge in [-0.25, -0.2) is 14.5 Å². The number of nitrogens with zero attached hydrogens (tertiary/aromatic N) is 2. The van der Waals surface area contributed by atoms with Crippen LogP contribution in [0.15, 0.2) is 18.2 Å². The highest BCUT2D eigenvalue weighted by Gasteiger charge is 2.61. The average molecular weight is 541 g/mol. The Hall–Kier alpha value is -2.86. The Kier molecular flexibility index (Phi) is 7.59. The van der Waals surface area contributed by atoms with Gasteiger partial charge in [-0.2, -0.15) is 8.42 Å². The zero-order valence-corrected chi connectivity index (χ0v) is 23.4. The van der Waals surface area contributed by atoms with Gasteiger partial charge in [0.1, 0.15) is 22.4 Å². The summed E-state index contributed by atoms with van der Waals surface area (Å²) in [7, 11) is -2.47. The molecule has 1 fully saturated rings. The lowest BCUT2D eigenvalue weighted by atomic mass is 9.69. The lowest BCUT2D eigenvalue weighted by Crippen LogP contribution is -2.63. The summed E-state index contributed by atoms with van der Waals surface area (Å²) >= 11 is 0. The maximum absolute atomic E-state index is 14.3. The van der Waals surface area contributed by atoms with Crippen molar-refractivity contribution in [2.45, 2.75) is 77.0 Å². The van der Waals surface area contributed by atoms with Gasteiger partial charge in [-0.15, -0.1) is 0 Å². The maximum atomic E-state index is 14.3. The predicted octanol–water partition coefficient (Wildman–Crippen LogP) is 3.59. The summed E-state index contributed by atoms with van der Waals surface area (Å²) < 4.78 is 45.6. The van der Waals surface area contributed by atoms with Crippen molar-refractivity contribution in [1.29, 1.82) is 0 Å². The summed E-state index contributed by atoms with van der Waals surface area (Å²) in [5, 5.41) is 0. The summed E-state index contributed by atoms with van der Waals surface area (Å²) in [6, 6.07) is 3.76. The van der Waals surface area contributed by atoms with Crippen LogP contribution in [0.1, 0.15) is 59.9 Å². The number of methoxy groups -OCH3 is 1. The number of likely N-dealkylation sites (tertiary alicyclic amines) is 1. The molecule has 11 nitrogen and oxygen atoms in total. The first-order valence-corrected chi connectivity index (χ1v) is 13.8. The van der Waals surface area contributed by atoms with E-state index in [1.165, 1.54) is 12.0 Å². The number of benzene rings is 1. The fourth-order valence-electron chi connectivity index (χ4n) is 4.75. The molecule has 2 aliphatic rings. The standard InChI is InChI=1S/C25H36N2O9S/c1-23(2,3)35-21(29)26-13-9-12-25(19(26)15-34-37(8,31)32)17-11-10-16(33-7)14-18(17)27(20(25)28)22(30)36-24(4,5)6/h10-11,14,19H,9,12-13,15H2,1-8H3. The second kappa shape index (κ2) is 9.79. The molecule has 2 heterocycles. The minimum atomic E-state index is -3.93. The van der Waals surface area contributed by atoms with E-state index in [1.807, 2.05) is 0 Å². The lowest BCUT2D eigenvalue weighted by molar-refractivity contribution is -0.128. The third-order valence-corrected chi connectivity index (χ3v) is 6.63. The number of anilines is 1. The van der Waals surface area contributed by atoms with E-state index in [-0.39, 0.29) is 18.7 Å². The minimum absolute atomic E-state index is 0.208. The van der Waals surface area contributed by atoms with Gasteiger partial charge in [-0.3, -0.25) is 8.98 Å². The summed E-state index contributed by atoms with van der Waals surface area (Å²) in [6.45, 7) is 9.87. The first-order valence-electron chi connectivity index (χ1n) is 12.0. The van der Waals surface area contributed by atoms with Crippen LogP contribution in [0.5, 0.6) is 5.75 Å². The fraction of sp³-hybridized carbons (Fsp3) is 0.640. The summed E-state index contributed by atoms with van der Waals surface area (Å²) in [6.07, 6.45) is -0.0775. The Morgan fingerprint density at radius 1 is 1.05 bits per heavy atom. The Labute approximate surface area is 218 Å². The first kappa shape index (κ1) is 28.7. The second-order valence-corrected chi connectivity index (χ2v) is 12.9. The van der Waals surface area contributed by atoms with Gasteiger partial charge in [0.05, 0.1) is 31.7 Å². The second-order valence-electron chi connectivity index (χ2n) is 11.3. The van der Waals surface area contributed by atoms with E-state index in [4.69, 9.17) is 18.4 Å². The molecule has 0 bridgehead atoms. The monoisotopic (exact) mass is 540 g/mol. The number of amides is 3. The zero-order valence-electron chi connectivity index (χ0n) is 22.6. The molecular formula is C25H36N2O9S. The minimum Gasteiger partial charge on any atom is -0.497 e. The molecule has 206 valence electrons. The van der Waals surface area contributed by atoms with E-state index >= 15 is 0 Å². The van der Waals surface area contributed by atoms with Crippen LogP contribution < -0.4 is 9.64 Å². The van der Waals surface area contributed by atoms with E-state index < -0.39 is 57.5 Å². The smallest absolute Gasteiger partial charge is 0.421 e. The van der Waals surface area contributed by atoms with E-state index in [2.05, 4.69) is 0 Å². The number of carbonyl (C=O) groups is 3. The van der Waals surface area contributed by atoms with Gasteiger partial charge in [0.25, 0.3) is 10.1 Å². The van der Waals surface area contributed by atoms with Crippen LogP contribution in [0.4, 0.5) is 15.3 Å². The SMILES string of the molecule is COc1ccc2c(c1)N(C(=O)OC(C)(C)C)C(=O)C21CCCN(C(=O)OC(C)(C)C)C1COS(C)(=O)=O. The van der Waals surface area contributed by atoms with E-state index in [0.29, 0.717) is 17.7 Å². The first-order chi connectivity index (χ1) is 16.9. The Balaban J connectivity index is 2.20. The van der Waals surface area contributed by atoms with Gasteiger partial charge < -0.3 is 19.1 Å². The van der Waals surface area contributed by atoms with Crippen LogP contribution in [0.3, 0.4) is 0 Å². The van der Waals surface area contributed by atoms with Gasteiger partial charge in [-0.1, -0.05) is 6.07 Å². The number of rotatable bonds is 4. The van der Waals surface area contributed by atoms with Gasteiger partial charge in [-0.05, 0) is 66.0 Å². The molecule has 1 aromatic rings. The summed E-state index contributed by atoms with van der Waals surface area (Å²) in [5.41, 5.74) is -2.52. The zero-order chi connectivity index (χ0) is 28.0. The normalized spacial score (nSPS) is 22.2. The molecule has 1 aromatic carbocycles. The van der Waals surface area contributed by atoms with E-state index in [9.17, 15) is 22.8 Å². The summed E-state index contributed by atoms with van der Waals surface area (Å²) in [4.78, 5) is 43.1. The molecule has 0 saturated carbocycles. The van der Waals surface area contributed by atoms with Gasteiger partial charge >= 0.3 is 12.2 Å². The molecule has 0 aliphatic carbocycles.